The molecule has 1 amide bonds. The van der Waals surface area contributed by atoms with E-state index < -0.39 is 22.0 Å². The van der Waals surface area contributed by atoms with Crippen molar-refractivity contribution in [3.63, 3.8) is 0 Å². The Morgan fingerprint density at radius 3 is 2.69 bits per heavy atom. The summed E-state index contributed by atoms with van der Waals surface area (Å²) in [5.41, 5.74) is 0.527. The first-order chi connectivity index (χ1) is 17.3. The number of sulfonamides is 1. The number of hydrogen-bond donors (Lipinski definition) is 0. The van der Waals surface area contributed by atoms with Gasteiger partial charge in [-0.05, 0) is 61.4 Å². The molecule has 1 saturated heterocycles. The van der Waals surface area contributed by atoms with Crippen LogP contribution < -0.4 is 9.64 Å². The molecule has 1 atom stereocenters. The first-order valence-electron chi connectivity index (χ1n) is 11.0. The Bertz CT molecular complexity index is 1500. The molecule has 0 aliphatic carbocycles. The number of rotatable bonds is 7. The van der Waals surface area contributed by atoms with Crippen molar-refractivity contribution >= 4 is 65.8 Å². The van der Waals surface area contributed by atoms with Gasteiger partial charge in [-0.3, -0.25) is 9.69 Å². The molecular weight excluding hydrogens is 545 g/mol. The number of methoxy groups -OCH3 is 1. The molecule has 1 fully saturated rings. The van der Waals surface area contributed by atoms with Gasteiger partial charge in [0.15, 0.2) is 5.13 Å². The fourth-order valence-electron chi connectivity index (χ4n) is 4.22. The number of furan rings is 1. The molecule has 2 aromatic heterocycles. The van der Waals surface area contributed by atoms with Crippen LogP contribution in [0.4, 0.5) is 5.13 Å². The summed E-state index contributed by atoms with van der Waals surface area (Å²) in [5, 5.41) is 1.28. The minimum atomic E-state index is -3.92. The minimum absolute atomic E-state index is 0.0803. The highest BCUT2D eigenvalue weighted by Gasteiger charge is 2.42. The highest BCUT2D eigenvalue weighted by atomic mass is 35.5. The van der Waals surface area contributed by atoms with Crippen molar-refractivity contribution in [3.8, 4) is 5.75 Å². The molecule has 0 N–H and O–H groups in total. The highest BCUT2D eigenvalue weighted by Crippen LogP contribution is 2.40. The number of ether oxygens (including phenoxy) is 1. The zero-order valence-corrected chi connectivity index (χ0v) is 22.2. The van der Waals surface area contributed by atoms with Gasteiger partial charge in [-0.2, -0.15) is 4.31 Å². The minimum Gasteiger partial charge on any atom is -0.494 e. The lowest BCUT2D eigenvalue weighted by atomic mass is 10.2. The number of benzene rings is 2. The number of halogens is 2. The third-order valence-electron chi connectivity index (χ3n) is 5.97. The lowest BCUT2D eigenvalue weighted by molar-refractivity contribution is -0.121. The van der Waals surface area contributed by atoms with Gasteiger partial charge >= 0.3 is 0 Å². The molecule has 0 radical (unpaired) electrons. The SMILES string of the molecule is COc1ccc(Cl)c2sc(N(Cc3ccco3)C(=O)C3CCCN3S(=O)(=O)c3ccc(Cl)cc3)nc12. The number of amides is 1. The molecule has 0 spiro atoms. The topological polar surface area (TPSA) is 93.0 Å². The van der Waals surface area contributed by atoms with Gasteiger partial charge in [0, 0.05) is 11.6 Å². The summed E-state index contributed by atoms with van der Waals surface area (Å²) in [7, 11) is -2.39. The molecule has 12 heteroatoms. The number of carbonyl (C=O) groups excluding carboxylic acids is 1. The maximum Gasteiger partial charge on any atom is 0.247 e. The van der Waals surface area contributed by atoms with Crippen LogP contribution in [0.5, 0.6) is 5.75 Å². The van der Waals surface area contributed by atoms with Crippen LogP contribution in [0.2, 0.25) is 10.0 Å². The predicted octanol–water partition coefficient (Wildman–Crippen LogP) is 5.59. The second-order valence-corrected chi connectivity index (χ2v) is 11.9. The van der Waals surface area contributed by atoms with Gasteiger partial charge in [0.25, 0.3) is 0 Å². The summed E-state index contributed by atoms with van der Waals surface area (Å²) < 4.78 is 39.8. The Kier molecular flexibility index (Phi) is 6.97. The van der Waals surface area contributed by atoms with Crippen molar-refractivity contribution in [3.05, 3.63) is 70.6 Å². The van der Waals surface area contributed by atoms with E-state index in [9.17, 15) is 13.2 Å². The third kappa shape index (κ3) is 4.59. The van der Waals surface area contributed by atoms with Gasteiger partial charge in [0.2, 0.25) is 15.9 Å². The van der Waals surface area contributed by atoms with Crippen molar-refractivity contribution in [2.45, 2.75) is 30.3 Å². The Morgan fingerprint density at radius 2 is 2.00 bits per heavy atom. The van der Waals surface area contributed by atoms with Crippen LogP contribution in [0.1, 0.15) is 18.6 Å². The van der Waals surface area contributed by atoms with Crippen LogP contribution in [0, 0.1) is 0 Å². The average molecular weight is 566 g/mol. The van der Waals surface area contributed by atoms with E-state index >= 15 is 0 Å². The second kappa shape index (κ2) is 10.0. The largest absolute Gasteiger partial charge is 0.494 e. The molecule has 0 bridgehead atoms. The molecule has 36 heavy (non-hydrogen) atoms. The van der Waals surface area contributed by atoms with Crippen molar-refractivity contribution < 1.29 is 22.4 Å². The van der Waals surface area contributed by atoms with Gasteiger partial charge in [0.05, 0.1) is 34.5 Å². The highest BCUT2D eigenvalue weighted by molar-refractivity contribution is 7.89. The molecule has 1 aliphatic heterocycles. The average Bonchev–Trinajstić information content (AvgIpc) is 3.64. The lowest BCUT2D eigenvalue weighted by Gasteiger charge is -2.28. The summed E-state index contributed by atoms with van der Waals surface area (Å²) in [5.74, 6) is 0.663. The van der Waals surface area contributed by atoms with Crippen LogP contribution >= 0.6 is 34.5 Å². The monoisotopic (exact) mass is 565 g/mol. The third-order valence-corrected chi connectivity index (χ3v) is 9.68. The number of hydrogen-bond acceptors (Lipinski definition) is 7. The van der Waals surface area contributed by atoms with Gasteiger partial charge < -0.3 is 9.15 Å². The van der Waals surface area contributed by atoms with Crippen LogP contribution in [0.3, 0.4) is 0 Å². The molecule has 188 valence electrons. The molecular formula is C24H21Cl2N3O5S2. The zero-order valence-electron chi connectivity index (χ0n) is 19.1. The number of anilines is 1. The van der Waals surface area contributed by atoms with Gasteiger partial charge in [-0.15, -0.1) is 0 Å². The lowest BCUT2D eigenvalue weighted by Crippen LogP contribution is -2.47. The maximum absolute atomic E-state index is 14.0. The zero-order chi connectivity index (χ0) is 25.4. The molecule has 8 nitrogen and oxygen atoms in total. The Morgan fingerprint density at radius 1 is 1.22 bits per heavy atom. The Hall–Kier alpha value is -2.63. The Labute approximate surface area is 222 Å². The molecule has 1 unspecified atom stereocenters. The van der Waals surface area contributed by atoms with E-state index in [1.807, 2.05) is 0 Å². The number of fused-ring (bicyclic) bond motifs is 1. The number of carbonyl (C=O) groups is 1. The van der Waals surface area contributed by atoms with Crippen molar-refractivity contribution in [1.82, 2.24) is 9.29 Å². The molecule has 1 aliphatic rings. The van der Waals surface area contributed by atoms with Gasteiger partial charge in [0.1, 0.15) is 23.1 Å². The van der Waals surface area contributed by atoms with E-state index in [1.54, 1.807) is 24.3 Å². The summed E-state index contributed by atoms with van der Waals surface area (Å²) in [6, 6.07) is 11.9. The number of thiazole rings is 1. The standard InChI is InChI=1S/C24H21Cl2N3O5S2/c1-33-20-11-10-18(26)22-21(20)27-24(35-22)28(14-16-4-3-13-34-16)23(30)19-5-2-12-29(19)36(31,32)17-8-6-15(25)7-9-17/h3-4,6-11,13,19H,2,5,12,14H2,1H3. The fourth-order valence-corrected chi connectivity index (χ4v) is 7.25. The van der Waals surface area contributed by atoms with Crippen LogP contribution in [0.25, 0.3) is 10.2 Å². The predicted molar refractivity (Wildman–Crippen MR) is 139 cm³/mol. The molecule has 5 rings (SSSR count). The van der Waals surface area contributed by atoms with Crippen molar-refractivity contribution in [1.29, 1.82) is 0 Å². The molecule has 4 aromatic rings. The Balaban J connectivity index is 1.54. The smallest absolute Gasteiger partial charge is 0.247 e. The summed E-state index contributed by atoms with van der Waals surface area (Å²) in [4.78, 5) is 20.2. The van der Waals surface area contributed by atoms with E-state index in [0.717, 1.165) is 0 Å². The number of nitrogens with zero attached hydrogens (tertiary/aromatic N) is 3. The van der Waals surface area contributed by atoms with Crippen LogP contribution in [-0.2, 0) is 21.4 Å². The van der Waals surface area contributed by atoms with Crippen molar-refractivity contribution in [2.75, 3.05) is 18.6 Å². The first-order valence-corrected chi connectivity index (χ1v) is 14.0. The normalized spacial score (nSPS) is 16.5. The molecule has 2 aromatic carbocycles. The second-order valence-electron chi connectivity index (χ2n) is 8.16. The summed E-state index contributed by atoms with van der Waals surface area (Å²) >= 11 is 13.6. The molecule has 3 heterocycles. The summed E-state index contributed by atoms with van der Waals surface area (Å²) in [6.07, 6.45) is 2.45. The van der Waals surface area contributed by atoms with Crippen LogP contribution in [-0.4, -0.2) is 43.3 Å². The summed E-state index contributed by atoms with van der Waals surface area (Å²) in [6.45, 7) is 0.312. The van der Waals surface area contributed by atoms with E-state index in [-0.39, 0.29) is 18.0 Å². The van der Waals surface area contributed by atoms with Gasteiger partial charge in [-0.1, -0.05) is 34.5 Å². The van der Waals surface area contributed by atoms with Crippen molar-refractivity contribution in [2.24, 2.45) is 0 Å². The number of aromatic nitrogens is 1. The van der Waals surface area contributed by atoms with E-state index in [0.29, 0.717) is 49.7 Å². The first kappa shape index (κ1) is 25.0. The maximum atomic E-state index is 14.0. The van der Waals surface area contributed by atoms with Gasteiger partial charge in [-0.25, -0.2) is 13.4 Å². The fraction of sp³-hybridized carbons (Fsp3) is 0.250. The van der Waals surface area contributed by atoms with E-state index in [1.165, 1.54) is 58.2 Å². The van der Waals surface area contributed by atoms with E-state index in [2.05, 4.69) is 4.98 Å². The quantitative estimate of drug-likeness (QED) is 0.290. The van der Waals surface area contributed by atoms with E-state index in [4.69, 9.17) is 32.4 Å². The molecule has 0 saturated carbocycles. The van der Waals surface area contributed by atoms with Crippen LogP contribution in [0.15, 0.2) is 64.1 Å².